The van der Waals surface area contributed by atoms with Gasteiger partial charge in [-0.2, -0.15) is 0 Å². The number of thiazole rings is 1. The molecular weight excluding hydrogens is 424 g/mol. The first-order chi connectivity index (χ1) is 13.0. The van der Waals surface area contributed by atoms with Crippen LogP contribution in [0.5, 0.6) is 5.75 Å². The van der Waals surface area contributed by atoms with Gasteiger partial charge >= 0.3 is 0 Å². The molecule has 0 aliphatic rings. The summed E-state index contributed by atoms with van der Waals surface area (Å²) in [5, 5.41) is 5.80. The van der Waals surface area contributed by atoms with Gasteiger partial charge in [-0.15, -0.1) is 11.3 Å². The summed E-state index contributed by atoms with van der Waals surface area (Å²) >= 11 is 5.02. The van der Waals surface area contributed by atoms with Gasteiger partial charge in [0, 0.05) is 22.0 Å². The van der Waals surface area contributed by atoms with Crippen LogP contribution in [-0.4, -0.2) is 17.0 Å². The van der Waals surface area contributed by atoms with Crippen LogP contribution in [0.3, 0.4) is 0 Å². The van der Waals surface area contributed by atoms with Crippen molar-refractivity contribution in [1.29, 1.82) is 0 Å². The summed E-state index contributed by atoms with van der Waals surface area (Å²) in [7, 11) is 0. The molecule has 27 heavy (non-hydrogen) atoms. The van der Waals surface area contributed by atoms with E-state index in [1.54, 1.807) is 11.3 Å². The fourth-order valence-corrected chi connectivity index (χ4v) is 3.74. The lowest BCUT2D eigenvalue weighted by atomic mass is 10.2. The van der Waals surface area contributed by atoms with Crippen LogP contribution in [0.25, 0.3) is 10.6 Å². The number of benzene rings is 2. The summed E-state index contributed by atoms with van der Waals surface area (Å²) in [5.74, 6) is 0.797. The molecule has 1 N–H and O–H groups in total. The molecule has 0 saturated carbocycles. The van der Waals surface area contributed by atoms with Crippen molar-refractivity contribution in [2.45, 2.75) is 32.9 Å². The minimum absolute atomic E-state index is 0.0383. The first kappa shape index (κ1) is 19.6. The lowest BCUT2D eigenvalue weighted by Gasteiger charge is -2.10. The number of rotatable bonds is 7. The van der Waals surface area contributed by atoms with E-state index in [-0.39, 0.29) is 18.4 Å². The van der Waals surface area contributed by atoms with Gasteiger partial charge in [-0.1, -0.05) is 40.2 Å². The molecule has 3 aromatic rings. The Hall–Kier alpha value is -2.18. The Bertz CT molecular complexity index is 907. The Morgan fingerprint density at radius 3 is 2.70 bits per heavy atom. The van der Waals surface area contributed by atoms with E-state index < -0.39 is 0 Å². The molecule has 0 radical (unpaired) electrons. The molecule has 3 rings (SSSR count). The predicted octanol–water partition coefficient (Wildman–Crippen LogP) is 5.22. The van der Waals surface area contributed by atoms with E-state index in [0.717, 1.165) is 32.1 Å². The number of ether oxygens (including phenoxy) is 1. The largest absolute Gasteiger partial charge is 0.491 e. The van der Waals surface area contributed by atoms with Crippen molar-refractivity contribution in [3.8, 4) is 16.3 Å². The Balaban J connectivity index is 1.52. The van der Waals surface area contributed by atoms with Gasteiger partial charge in [0.1, 0.15) is 10.8 Å². The molecule has 1 heterocycles. The van der Waals surface area contributed by atoms with Crippen molar-refractivity contribution in [2.75, 3.05) is 0 Å². The molecule has 0 atom stereocenters. The molecule has 0 unspecified atom stereocenters. The van der Waals surface area contributed by atoms with Gasteiger partial charge < -0.3 is 10.1 Å². The fraction of sp³-hybridized carbons (Fsp3) is 0.238. The third-order valence-corrected chi connectivity index (χ3v) is 5.18. The van der Waals surface area contributed by atoms with Gasteiger partial charge in [-0.05, 0) is 43.7 Å². The predicted molar refractivity (Wildman–Crippen MR) is 113 cm³/mol. The average molecular weight is 445 g/mol. The van der Waals surface area contributed by atoms with Crippen molar-refractivity contribution in [2.24, 2.45) is 0 Å². The molecule has 0 aliphatic heterocycles. The second-order valence-corrected chi connectivity index (χ2v) is 8.19. The zero-order chi connectivity index (χ0) is 19.2. The quantitative estimate of drug-likeness (QED) is 0.543. The highest BCUT2D eigenvalue weighted by atomic mass is 79.9. The lowest BCUT2D eigenvalue weighted by molar-refractivity contribution is -0.120. The molecule has 0 saturated heterocycles. The van der Waals surface area contributed by atoms with Crippen molar-refractivity contribution in [1.82, 2.24) is 10.3 Å². The molecule has 4 nitrogen and oxygen atoms in total. The number of hydrogen-bond donors (Lipinski definition) is 1. The molecule has 2 aromatic carbocycles. The highest BCUT2D eigenvalue weighted by Crippen LogP contribution is 2.26. The van der Waals surface area contributed by atoms with E-state index in [9.17, 15) is 4.79 Å². The van der Waals surface area contributed by atoms with Crippen LogP contribution in [0.1, 0.15) is 25.1 Å². The monoisotopic (exact) mass is 444 g/mol. The molecule has 0 fully saturated rings. The average Bonchev–Trinajstić information content (AvgIpc) is 3.09. The molecule has 0 aliphatic carbocycles. The first-order valence-corrected chi connectivity index (χ1v) is 10.4. The number of nitrogens with one attached hydrogen (secondary N) is 1. The maximum atomic E-state index is 12.2. The van der Waals surface area contributed by atoms with Crippen LogP contribution >= 0.6 is 27.3 Å². The van der Waals surface area contributed by atoms with Gasteiger partial charge in [0.2, 0.25) is 5.91 Å². The maximum Gasteiger partial charge on any atom is 0.226 e. The Morgan fingerprint density at radius 1 is 1.22 bits per heavy atom. The summed E-state index contributed by atoms with van der Waals surface area (Å²) in [6.45, 7) is 4.48. The van der Waals surface area contributed by atoms with E-state index >= 15 is 0 Å². The van der Waals surface area contributed by atoms with Gasteiger partial charge in [0.25, 0.3) is 0 Å². The van der Waals surface area contributed by atoms with E-state index in [1.807, 2.05) is 67.8 Å². The van der Waals surface area contributed by atoms with Gasteiger partial charge in [-0.3, -0.25) is 4.79 Å². The summed E-state index contributed by atoms with van der Waals surface area (Å²) < 4.78 is 6.64. The first-order valence-electron chi connectivity index (χ1n) is 8.72. The van der Waals surface area contributed by atoms with Crippen molar-refractivity contribution >= 4 is 33.2 Å². The van der Waals surface area contributed by atoms with Crippen molar-refractivity contribution in [3.05, 3.63) is 69.6 Å². The molecule has 6 heteroatoms. The fourth-order valence-electron chi connectivity index (χ4n) is 2.53. The SMILES string of the molecule is CC(C)Oc1ccc(CNC(=O)Cc2csc(-c3cccc(Br)c3)n2)cc1. The minimum atomic E-state index is -0.0383. The summed E-state index contributed by atoms with van der Waals surface area (Å²) in [4.78, 5) is 16.8. The smallest absolute Gasteiger partial charge is 0.226 e. The number of aromatic nitrogens is 1. The highest BCUT2D eigenvalue weighted by Gasteiger charge is 2.09. The number of halogens is 1. The normalized spacial score (nSPS) is 10.8. The number of carbonyl (C=O) groups is 1. The molecular formula is C21H21BrN2O2S. The number of hydrogen-bond acceptors (Lipinski definition) is 4. The second kappa shape index (κ2) is 9.15. The highest BCUT2D eigenvalue weighted by molar-refractivity contribution is 9.10. The molecule has 0 bridgehead atoms. The van der Waals surface area contributed by atoms with Crippen LogP contribution in [0.2, 0.25) is 0 Å². The number of nitrogens with zero attached hydrogens (tertiary/aromatic N) is 1. The summed E-state index contributed by atoms with van der Waals surface area (Å²) in [6.07, 6.45) is 0.425. The van der Waals surface area contributed by atoms with Crippen LogP contribution < -0.4 is 10.1 Å². The third kappa shape index (κ3) is 5.91. The van der Waals surface area contributed by atoms with Gasteiger partial charge in [-0.25, -0.2) is 4.98 Å². The molecule has 1 aromatic heterocycles. The Morgan fingerprint density at radius 2 is 2.00 bits per heavy atom. The Kier molecular flexibility index (Phi) is 6.63. The van der Waals surface area contributed by atoms with E-state index in [1.165, 1.54) is 0 Å². The topological polar surface area (TPSA) is 51.2 Å². The summed E-state index contributed by atoms with van der Waals surface area (Å²) in [6, 6.07) is 15.8. The Labute approximate surface area is 171 Å². The summed E-state index contributed by atoms with van der Waals surface area (Å²) in [5.41, 5.74) is 2.87. The zero-order valence-corrected chi connectivity index (χ0v) is 17.6. The zero-order valence-electron chi connectivity index (χ0n) is 15.2. The minimum Gasteiger partial charge on any atom is -0.491 e. The maximum absolute atomic E-state index is 12.2. The number of carbonyl (C=O) groups excluding carboxylic acids is 1. The van der Waals surface area contributed by atoms with Crippen molar-refractivity contribution < 1.29 is 9.53 Å². The molecule has 140 valence electrons. The van der Waals surface area contributed by atoms with Gasteiger partial charge in [0.05, 0.1) is 18.2 Å². The van der Waals surface area contributed by atoms with Crippen LogP contribution in [0.4, 0.5) is 0 Å². The van der Waals surface area contributed by atoms with E-state index in [0.29, 0.717) is 6.54 Å². The van der Waals surface area contributed by atoms with Crippen LogP contribution in [-0.2, 0) is 17.8 Å². The third-order valence-electron chi connectivity index (χ3n) is 3.75. The van der Waals surface area contributed by atoms with E-state index in [4.69, 9.17) is 4.74 Å². The standard InChI is InChI=1S/C21H21BrN2O2S/c1-14(2)26-19-8-6-15(7-9-19)12-23-20(25)11-18-13-27-21(24-18)16-4-3-5-17(22)10-16/h3-10,13-14H,11-12H2,1-2H3,(H,23,25). The van der Waals surface area contributed by atoms with Crippen molar-refractivity contribution in [3.63, 3.8) is 0 Å². The number of amides is 1. The van der Waals surface area contributed by atoms with E-state index in [2.05, 4.69) is 26.2 Å². The molecule has 0 spiro atoms. The lowest BCUT2D eigenvalue weighted by Crippen LogP contribution is -2.24. The molecule has 1 amide bonds. The van der Waals surface area contributed by atoms with Crippen LogP contribution in [0, 0.1) is 0 Å². The second-order valence-electron chi connectivity index (χ2n) is 6.42. The van der Waals surface area contributed by atoms with Crippen LogP contribution in [0.15, 0.2) is 58.4 Å². The van der Waals surface area contributed by atoms with Gasteiger partial charge in [0.15, 0.2) is 0 Å².